The normalized spacial score (nSPS) is 9.35. The molecule has 4 nitrogen and oxygen atoms in total. The zero-order valence-electron chi connectivity index (χ0n) is 9.19. The molecular weight excluding hydrogens is 254 g/mol. The fourth-order valence-electron chi connectivity index (χ4n) is 0.966. The first-order chi connectivity index (χ1) is 7.36. The molecule has 0 aliphatic heterocycles. The Morgan fingerprint density at radius 3 is 2.35 bits per heavy atom. The second-order valence-corrected chi connectivity index (χ2v) is 3.48. The van der Waals surface area contributed by atoms with Gasteiger partial charge in [0.1, 0.15) is 5.75 Å². The largest absolute Gasteiger partial charge is 0.497 e. The van der Waals surface area contributed by atoms with Crippen molar-refractivity contribution >= 4 is 10.6 Å². The third-order valence-corrected chi connectivity index (χ3v) is 1.51. The molecule has 0 fully saturated rings. The summed E-state index contributed by atoms with van der Waals surface area (Å²) in [5.41, 5.74) is 1.24. The van der Waals surface area contributed by atoms with E-state index in [1.165, 1.54) is 5.56 Å². The topological polar surface area (TPSA) is 74.9 Å². The van der Waals surface area contributed by atoms with E-state index in [-0.39, 0.29) is 5.48 Å². The van der Waals surface area contributed by atoms with E-state index in [9.17, 15) is 7.77 Å². The van der Waals surface area contributed by atoms with Gasteiger partial charge in [-0.25, -0.2) is 0 Å². The molecule has 2 N–H and O–H groups in total. The highest BCUT2D eigenvalue weighted by atomic mass is 32.3. The summed E-state index contributed by atoms with van der Waals surface area (Å²) in [6.45, 7) is 3.67. The molecule has 98 valence electrons. The van der Waals surface area contributed by atoms with Gasteiger partial charge >= 0.3 is 10.6 Å². The van der Waals surface area contributed by atoms with Crippen LogP contribution in [0.4, 0.5) is 7.77 Å². The SMILES string of the molecule is C=CCc1cccc(OC)c1.O.O=S(=O)(F)F. The molecule has 0 atom stereocenters. The van der Waals surface area contributed by atoms with E-state index in [1.54, 1.807) is 7.11 Å². The maximum Gasteiger partial charge on any atom is 0.476 e. The third-order valence-electron chi connectivity index (χ3n) is 1.51. The molecule has 1 aromatic rings. The minimum absolute atomic E-state index is 0. The van der Waals surface area contributed by atoms with Gasteiger partial charge in [0, 0.05) is 0 Å². The van der Waals surface area contributed by atoms with E-state index in [0.29, 0.717) is 0 Å². The van der Waals surface area contributed by atoms with Crippen LogP contribution < -0.4 is 4.74 Å². The van der Waals surface area contributed by atoms with Crippen LogP contribution in [-0.4, -0.2) is 21.0 Å². The maximum absolute atomic E-state index is 9.99. The molecule has 0 amide bonds. The zero-order chi connectivity index (χ0) is 12.6. The van der Waals surface area contributed by atoms with Crippen LogP contribution in [0.5, 0.6) is 5.75 Å². The number of allylic oxidation sites excluding steroid dienone is 1. The Morgan fingerprint density at radius 1 is 1.41 bits per heavy atom. The Bertz CT molecular complexity index is 424. The summed E-state index contributed by atoms with van der Waals surface area (Å²) >= 11 is 0. The summed E-state index contributed by atoms with van der Waals surface area (Å²) in [4.78, 5) is 0. The van der Waals surface area contributed by atoms with Crippen LogP contribution in [-0.2, 0) is 17.0 Å². The van der Waals surface area contributed by atoms with E-state index in [4.69, 9.17) is 13.2 Å². The number of rotatable bonds is 3. The van der Waals surface area contributed by atoms with Crippen molar-refractivity contribution in [2.45, 2.75) is 6.42 Å². The van der Waals surface area contributed by atoms with Crippen LogP contribution in [0.3, 0.4) is 0 Å². The van der Waals surface area contributed by atoms with Gasteiger partial charge in [-0.1, -0.05) is 26.0 Å². The zero-order valence-corrected chi connectivity index (χ0v) is 10.0. The smallest absolute Gasteiger partial charge is 0.476 e. The molecule has 0 bridgehead atoms. The van der Waals surface area contributed by atoms with Gasteiger partial charge in [0.05, 0.1) is 7.11 Å². The first kappa shape index (κ1) is 17.9. The molecule has 17 heavy (non-hydrogen) atoms. The van der Waals surface area contributed by atoms with E-state index < -0.39 is 10.6 Å². The molecule has 0 aromatic heterocycles. The summed E-state index contributed by atoms with van der Waals surface area (Å²) < 4.78 is 41.7. The molecule has 0 saturated heterocycles. The maximum atomic E-state index is 9.99. The van der Waals surface area contributed by atoms with Gasteiger partial charge in [-0.2, -0.15) is 8.42 Å². The van der Waals surface area contributed by atoms with Gasteiger partial charge in [-0.3, -0.25) is 0 Å². The molecule has 0 heterocycles. The van der Waals surface area contributed by atoms with Crippen molar-refractivity contribution in [2.75, 3.05) is 7.11 Å². The predicted molar refractivity (Wildman–Crippen MR) is 61.6 cm³/mol. The molecule has 1 rings (SSSR count). The van der Waals surface area contributed by atoms with Crippen molar-refractivity contribution in [3.63, 3.8) is 0 Å². The lowest BCUT2D eigenvalue weighted by Crippen LogP contribution is -1.84. The van der Waals surface area contributed by atoms with Gasteiger partial charge in [-0.15, -0.1) is 6.58 Å². The van der Waals surface area contributed by atoms with Crippen LogP contribution in [0.1, 0.15) is 5.56 Å². The minimum atomic E-state index is -5.67. The molecule has 0 aliphatic rings. The van der Waals surface area contributed by atoms with Gasteiger partial charge in [0.2, 0.25) is 0 Å². The lowest BCUT2D eigenvalue weighted by Gasteiger charge is -2.00. The summed E-state index contributed by atoms with van der Waals surface area (Å²) in [6, 6.07) is 8.00. The number of benzene rings is 1. The first-order valence-electron chi connectivity index (χ1n) is 4.25. The Labute approximate surface area is 99.3 Å². The molecule has 0 spiro atoms. The van der Waals surface area contributed by atoms with Crippen LogP contribution >= 0.6 is 0 Å². The predicted octanol–water partition coefficient (Wildman–Crippen LogP) is 1.77. The highest BCUT2D eigenvalue weighted by Gasteiger charge is 1.94. The van der Waals surface area contributed by atoms with Crippen LogP contribution in [0.25, 0.3) is 0 Å². The lowest BCUT2D eigenvalue weighted by atomic mass is 10.1. The summed E-state index contributed by atoms with van der Waals surface area (Å²) in [5.74, 6) is 0.907. The van der Waals surface area contributed by atoms with Crippen molar-refractivity contribution < 1.29 is 26.4 Å². The highest BCUT2D eigenvalue weighted by molar-refractivity contribution is 7.81. The number of hydrogen-bond acceptors (Lipinski definition) is 3. The fourth-order valence-corrected chi connectivity index (χ4v) is 0.966. The van der Waals surface area contributed by atoms with Crippen LogP contribution in [0, 0.1) is 0 Å². The highest BCUT2D eigenvalue weighted by Crippen LogP contribution is 2.12. The number of hydrogen-bond donors (Lipinski definition) is 0. The Kier molecular flexibility index (Phi) is 9.12. The molecule has 0 saturated carbocycles. The number of methoxy groups -OCH3 is 1. The average molecular weight is 268 g/mol. The van der Waals surface area contributed by atoms with Crippen molar-refractivity contribution in [3.8, 4) is 5.75 Å². The fraction of sp³-hybridized carbons (Fsp3) is 0.200. The van der Waals surface area contributed by atoms with Gasteiger partial charge in [-0.05, 0) is 24.1 Å². The van der Waals surface area contributed by atoms with Crippen molar-refractivity contribution in [3.05, 3.63) is 42.5 Å². The van der Waals surface area contributed by atoms with Crippen LogP contribution in [0.15, 0.2) is 36.9 Å². The van der Waals surface area contributed by atoms with Crippen molar-refractivity contribution in [1.82, 2.24) is 0 Å². The molecule has 0 unspecified atom stereocenters. The average Bonchev–Trinajstić information content (AvgIpc) is 2.16. The van der Waals surface area contributed by atoms with Crippen molar-refractivity contribution in [2.24, 2.45) is 0 Å². The number of ether oxygens (including phenoxy) is 1. The van der Waals surface area contributed by atoms with E-state index >= 15 is 0 Å². The molecule has 0 aliphatic carbocycles. The first-order valence-corrected chi connectivity index (χ1v) is 5.53. The second-order valence-electron chi connectivity index (χ2n) is 2.72. The van der Waals surface area contributed by atoms with Crippen LogP contribution in [0.2, 0.25) is 0 Å². The Morgan fingerprint density at radius 2 is 1.94 bits per heavy atom. The summed E-state index contributed by atoms with van der Waals surface area (Å²) in [6.07, 6.45) is 2.78. The number of halogens is 2. The molecule has 0 radical (unpaired) electrons. The standard InChI is InChI=1S/C10H12O.F2O2S.H2O/c1-3-5-9-6-4-7-10(8-9)11-2;1-5(2,3)4;/h3-4,6-8H,1,5H2,2H3;;1H2. The van der Waals surface area contributed by atoms with Gasteiger partial charge in [0.15, 0.2) is 0 Å². The Hall–Kier alpha value is -1.47. The van der Waals surface area contributed by atoms with E-state index in [2.05, 4.69) is 12.6 Å². The second kappa shape index (κ2) is 8.66. The molecule has 1 aromatic carbocycles. The van der Waals surface area contributed by atoms with E-state index in [1.807, 2.05) is 24.3 Å². The van der Waals surface area contributed by atoms with Gasteiger partial charge < -0.3 is 10.2 Å². The van der Waals surface area contributed by atoms with Crippen molar-refractivity contribution in [1.29, 1.82) is 0 Å². The monoisotopic (exact) mass is 268 g/mol. The molecule has 7 heteroatoms. The lowest BCUT2D eigenvalue weighted by molar-refractivity contribution is 0.414. The summed E-state index contributed by atoms with van der Waals surface area (Å²) in [7, 11) is -3.99. The van der Waals surface area contributed by atoms with Gasteiger partial charge in [0.25, 0.3) is 0 Å². The Balaban J connectivity index is 0. The summed E-state index contributed by atoms with van der Waals surface area (Å²) in [5, 5.41) is 0. The third kappa shape index (κ3) is 12.5. The quantitative estimate of drug-likeness (QED) is 0.619. The minimum Gasteiger partial charge on any atom is -0.497 e. The van der Waals surface area contributed by atoms with E-state index in [0.717, 1.165) is 12.2 Å². The molecular formula is C10H14F2O4S.